The molecule has 0 radical (unpaired) electrons. The van der Waals surface area contributed by atoms with Crippen molar-refractivity contribution in [3.05, 3.63) is 81.4 Å². The van der Waals surface area contributed by atoms with Gasteiger partial charge in [0.25, 0.3) is 5.69 Å². The van der Waals surface area contributed by atoms with Crippen molar-refractivity contribution in [2.75, 3.05) is 0 Å². The van der Waals surface area contributed by atoms with E-state index in [0.717, 1.165) is 6.07 Å². The number of nitro benzene ring substituents is 1. The Morgan fingerprint density at radius 3 is 2.44 bits per heavy atom. The Bertz CT molecular complexity index is 1080. The van der Waals surface area contributed by atoms with Crippen molar-refractivity contribution in [3.63, 3.8) is 0 Å². The van der Waals surface area contributed by atoms with E-state index in [0.29, 0.717) is 17.0 Å². The maximum absolute atomic E-state index is 12.9. The third-order valence-electron chi connectivity index (χ3n) is 3.97. The van der Waals surface area contributed by atoms with Crippen LogP contribution in [-0.2, 0) is 10.0 Å². The fraction of sp³-hybridized carbons (Fsp3) is 0.176. The van der Waals surface area contributed by atoms with E-state index in [1.807, 2.05) is 6.07 Å². The number of nitro groups is 1. The van der Waals surface area contributed by atoms with Crippen LogP contribution in [-0.4, -0.2) is 28.5 Å². The average molecular weight is 387 g/mol. The number of aryl methyl sites for hydroxylation is 2. The van der Waals surface area contributed by atoms with Crippen LogP contribution >= 0.6 is 0 Å². The number of nitrogens with one attached hydrogen (secondary N) is 2. The maximum Gasteiger partial charge on any atom is 0.273 e. The molecule has 3 rings (SSSR count). The summed E-state index contributed by atoms with van der Waals surface area (Å²) >= 11 is 0. The van der Waals surface area contributed by atoms with Gasteiger partial charge < -0.3 is 0 Å². The molecule has 0 aliphatic rings. The van der Waals surface area contributed by atoms with Gasteiger partial charge in [-0.05, 0) is 25.5 Å². The van der Waals surface area contributed by atoms with Crippen LogP contribution < -0.4 is 4.72 Å². The van der Waals surface area contributed by atoms with Gasteiger partial charge in [0.2, 0.25) is 10.0 Å². The molecule has 0 aliphatic carbocycles. The molecule has 0 amide bonds. The van der Waals surface area contributed by atoms with Crippen LogP contribution in [0.2, 0.25) is 0 Å². The fourth-order valence-electron chi connectivity index (χ4n) is 2.58. The minimum Gasteiger partial charge on any atom is -0.263 e. The molecule has 10 heteroatoms. The number of nitrogens with zero attached hydrogens (tertiary/aromatic N) is 3. The highest BCUT2D eigenvalue weighted by Gasteiger charge is 2.27. The normalized spacial score (nSPS) is 12.7. The molecule has 9 nitrogen and oxygen atoms in total. The molecule has 140 valence electrons. The van der Waals surface area contributed by atoms with Crippen molar-refractivity contribution in [2.24, 2.45) is 0 Å². The standard InChI is InChI=1S/C17H17N5O4S/c1-11-8-9-14(10-15(11)22(23)24)27(25,26)21-16(13-6-4-3-5-7-13)17-18-12(2)19-20-17/h3-10,16,21H,1-2H3,(H,18,19,20)/t16-/m1/s1. The Kier molecular flexibility index (Phi) is 5.02. The van der Waals surface area contributed by atoms with Gasteiger partial charge in [-0.25, -0.2) is 13.4 Å². The number of sulfonamides is 1. The lowest BCUT2D eigenvalue weighted by molar-refractivity contribution is -0.385. The van der Waals surface area contributed by atoms with Gasteiger partial charge >= 0.3 is 0 Å². The third kappa shape index (κ3) is 4.01. The molecule has 2 aromatic carbocycles. The van der Waals surface area contributed by atoms with Crippen molar-refractivity contribution >= 4 is 15.7 Å². The minimum absolute atomic E-state index is 0.201. The highest BCUT2D eigenvalue weighted by Crippen LogP contribution is 2.25. The van der Waals surface area contributed by atoms with E-state index in [9.17, 15) is 18.5 Å². The third-order valence-corrected chi connectivity index (χ3v) is 5.39. The van der Waals surface area contributed by atoms with Crippen molar-refractivity contribution in [2.45, 2.75) is 24.8 Å². The van der Waals surface area contributed by atoms with Gasteiger partial charge in [-0.3, -0.25) is 15.2 Å². The van der Waals surface area contributed by atoms with Crippen molar-refractivity contribution in [1.29, 1.82) is 0 Å². The SMILES string of the molecule is Cc1nc([C@H](NS(=O)(=O)c2ccc(C)c([N+](=O)[O-])c2)c2ccccc2)n[nH]1. The zero-order chi connectivity index (χ0) is 19.6. The van der Waals surface area contributed by atoms with Crippen molar-refractivity contribution in [3.8, 4) is 0 Å². The molecule has 0 unspecified atom stereocenters. The molecule has 0 spiro atoms. The molecule has 2 N–H and O–H groups in total. The van der Waals surface area contributed by atoms with Gasteiger partial charge in [0.15, 0.2) is 5.82 Å². The molecular weight excluding hydrogens is 370 g/mol. The Morgan fingerprint density at radius 1 is 1.15 bits per heavy atom. The predicted octanol–water partition coefficient (Wildman–Crippen LogP) is 2.40. The molecule has 0 saturated heterocycles. The quantitative estimate of drug-likeness (QED) is 0.493. The van der Waals surface area contributed by atoms with E-state index in [1.165, 1.54) is 12.1 Å². The number of rotatable bonds is 6. The average Bonchev–Trinajstić information content (AvgIpc) is 3.06. The lowest BCUT2D eigenvalue weighted by Gasteiger charge is -2.16. The molecule has 1 atom stereocenters. The first-order valence-corrected chi connectivity index (χ1v) is 9.47. The second kappa shape index (κ2) is 7.25. The topological polar surface area (TPSA) is 131 Å². The van der Waals surface area contributed by atoms with Crippen LogP contribution in [0.1, 0.15) is 28.8 Å². The first-order chi connectivity index (χ1) is 12.8. The van der Waals surface area contributed by atoms with Crippen molar-refractivity contribution in [1.82, 2.24) is 19.9 Å². The van der Waals surface area contributed by atoms with E-state index in [-0.39, 0.29) is 16.4 Å². The van der Waals surface area contributed by atoms with E-state index in [1.54, 1.807) is 38.1 Å². The Morgan fingerprint density at radius 2 is 1.85 bits per heavy atom. The molecule has 0 aliphatic heterocycles. The highest BCUT2D eigenvalue weighted by molar-refractivity contribution is 7.89. The monoisotopic (exact) mass is 387 g/mol. The van der Waals surface area contributed by atoms with E-state index in [4.69, 9.17) is 0 Å². The van der Waals surface area contributed by atoms with Crippen molar-refractivity contribution < 1.29 is 13.3 Å². The largest absolute Gasteiger partial charge is 0.273 e. The first kappa shape index (κ1) is 18.7. The summed E-state index contributed by atoms with van der Waals surface area (Å²) in [7, 11) is -4.07. The first-order valence-electron chi connectivity index (χ1n) is 7.99. The summed E-state index contributed by atoms with van der Waals surface area (Å²) in [5.41, 5.74) is 0.757. The van der Waals surface area contributed by atoms with Crippen LogP contribution in [0.15, 0.2) is 53.4 Å². The maximum atomic E-state index is 12.9. The van der Waals surface area contributed by atoms with E-state index in [2.05, 4.69) is 19.9 Å². The number of aromatic nitrogens is 3. The molecule has 3 aromatic rings. The second-order valence-electron chi connectivity index (χ2n) is 5.95. The predicted molar refractivity (Wildman–Crippen MR) is 97.6 cm³/mol. The van der Waals surface area contributed by atoms with Crippen LogP contribution in [0.3, 0.4) is 0 Å². The van der Waals surface area contributed by atoms with Gasteiger partial charge in [0.1, 0.15) is 11.9 Å². The van der Waals surface area contributed by atoms with Gasteiger partial charge in [-0.15, -0.1) is 0 Å². The lowest BCUT2D eigenvalue weighted by atomic mass is 10.1. The summed E-state index contributed by atoms with van der Waals surface area (Å²) in [4.78, 5) is 14.5. The zero-order valence-corrected chi connectivity index (χ0v) is 15.4. The van der Waals surface area contributed by atoms with Crippen LogP contribution in [0.4, 0.5) is 5.69 Å². The molecule has 1 aromatic heterocycles. The summed E-state index contributed by atoms with van der Waals surface area (Å²) in [5.74, 6) is 0.792. The zero-order valence-electron chi connectivity index (χ0n) is 14.6. The van der Waals surface area contributed by atoms with Gasteiger partial charge in [0, 0.05) is 11.6 Å². The number of benzene rings is 2. The van der Waals surface area contributed by atoms with E-state index >= 15 is 0 Å². The van der Waals surface area contributed by atoms with Gasteiger partial charge in [0.05, 0.1) is 9.82 Å². The fourth-order valence-corrected chi connectivity index (χ4v) is 3.78. The summed E-state index contributed by atoms with van der Waals surface area (Å²) in [6.45, 7) is 3.25. The molecule has 27 heavy (non-hydrogen) atoms. The number of hydrogen-bond donors (Lipinski definition) is 2. The summed E-state index contributed by atoms with van der Waals surface area (Å²) in [5, 5.41) is 17.9. The van der Waals surface area contributed by atoms with Gasteiger partial charge in [-0.2, -0.15) is 9.82 Å². The molecule has 0 fully saturated rings. The summed E-state index contributed by atoms with van der Waals surface area (Å²) < 4.78 is 28.3. The Labute approximate surface area is 155 Å². The van der Waals surface area contributed by atoms with E-state index < -0.39 is 21.0 Å². The van der Waals surface area contributed by atoms with Gasteiger partial charge in [-0.1, -0.05) is 36.4 Å². The van der Waals surface area contributed by atoms with Crippen LogP contribution in [0.5, 0.6) is 0 Å². The highest BCUT2D eigenvalue weighted by atomic mass is 32.2. The Hall–Kier alpha value is -3.11. The smallest absolute Gasteiger partial charge is 0.263 e. The Balaban J connectivity index is 2.03. The van der Waals surface area contributed by atoms with Crippen LogP contribution in [0.25, 0.3) is 0 Å². The molecule has 0 saturated carbocycles. The summed E-state index contributed by atoms with van der Waals surface area (Å²) in [6.07, 6.45) is 0. The molecule has 0 bridgehead atoms. The molecular formula is C17H17N5O4S. The number of hydrogen-bond acceptors (Lipinski definition) is 6. The number of H-pyrrole nitrogens is 1. The lowest BCUT2D eigenvalue weighted by Crippen LogP contribution is -2.30. The minimum atomic E-state index is -4.07. The molecule has 1 heterocycles. The van der Waals surface area contributed by atoms with Crippen LogP contribution in [0, 0.1) is 24.0 Å². The second-order valence-corrected chi connectivity index (χ2v) is 7.66. The number of aromatic amines is 1. The summed E-state index contributed by atoms with van der Waals surface area (Å²) in [6, 6.07) is 11.8.